The molecule has 0 aliphatic carbocycles. The number of hydrogen-bond donors (Lipinski definition) is 0. The van der Waals surface area contributed by atoms with Gasteiger partial charge < -0.3 is 9.13 Å². The second kappa shape index (κ2) is 16.8. The van der Waals surface area contributed by atoms with E-state index in [1.54, 1.807) is 42.5 Å². The van der Waals surface area contributed by atoms with Gasteiger partial charge in [-0.3, -0.25) is 0 Å². The largest absolute Gasteiger partial charge is 0.309 e. The maximum atomic E-state index is 10.6. The van der Waals surface area contributed by atoms with E-state index in [9.17, 15) is 21.0 Å². The first-order valence-corrected chi connectivity index (χ1v) is 22.6. The van der Waals surface area contributed by atoms with Gasteiger partial charge in [0, 0.05) is 60.7 Å². The Bertz CT molecular complexity index is 4150. The number of benzene rings is 9. The standard InChI is InChI=1S/C62H34N8/c63-35-39-9-7-11-44(29-39)57-34-56(67-62(68-57)45-12-8-10-40(30-45)36-64)43-21-19-41(20-22-43)53-31-47(38-66)54(32-46(53)37-65)42-23-25-48(26-24-42)69-60-18-6-3-15-52(60)55-33-49(27-28-61(55)69)70-58-16-4-1-13-50(58)51-14-2-5-17-59(51)70/h1-34H. The number of aromatic nitrogens is 4. The van der Waals surface area contributed by atoms with Crippen molar-refractivity contribution in [2.75, 3.05) is 0 Å². The molecule has 8 nitrogen and oxygen atoms in total. The quantitative estimate of drug-likeness (QED) is 0.157. The fourth-order valence-corrected chi connectivity index (χ4v) is 9.80. The van der Waals surface area contributed by atoms with Gasteiger partial charge in [0.25, 0.3) is 0 Å². The van der Waals surface area contributed by atoms with Crippen LogP contribution in [-0.2, 0) is 0 Å². The lowest BCUT2D eigenvalue weighted by atomic mass is 9.91. The van der Waals surface area contributed by atoms with Crippen molar-refractivity contribution in [1.29, 1.82) is 21.0 Å². The van der Waals surface area contributed by atoms with Crippen molar-refractivity contribution in [2.24, 2.45) is 0 Å². The Balaban J connectivity index is 0.888. The van der Waals surface area contributed by atoms with Crippen LogP contribution in [0.2, 0.25) is 0 Å². The predicted octanol–water partition coefficient (Wildman–Crippen LogP) is 14.5. The van der Waals surface area contributed by atoms with Crippen LogP contribution in [0.3, 0.4) is 0 Å². The molecule has 8 heteroatoms. The number of hydrogen-bond acceptors (Lipinski definition) is 6. The molecular formula is C62H34N8. The normalized spacial score (nSPS) is 11.1. The van der Waals surface area contributed by atoms with Crippen LogP contribution in [0.15, 0.2) is 206 Å². The van der Waals surface area contributed by atoms with E-state index in [2.05, 4.69) is 137 Å². The summed E-state index contributed by atoms with van der Waals surface area (Å²) in [6.45, 7) is 0. The Labute approximate surface area is 402 Å². The summed E-state index contributed by atoms with van der Waals surface area (Å²) in [6, 6.07) is 77.2. The summed E-state index contributed by atoms with van der Waals surface area (Å²) in [5.41, 5.74) is 14.8. The zero-order chi connectivity index (χ0) is 47.3. The van der Waals surface area contributed by atoms with E-state index >= 15 is 0 Å². The minimum atomic E-state index is 0.435. The highest BCUT2D eigenvalue weighted by Crippen LogP contribution is 2.39. The molecule has 9 aromatic carbocycles. The Morgan fingerprint density at radius 2 is 0.757 bits per heavy atom. The van der Waals surface area contributed by atoms with Crippen molar-refractivity contribution in [1.82, 2.24) is 19.1 Å². The maximum Gasteiger partial charge on any atom is 0.160 e. The number of nitrogens with zero attached hydrogens (tertiary/aromatic N) is 8. The van der Waals surface area contributed by atoms with Crippen LogP contribution in [0.4, 0.5) is 0 Å². The van der Waals surface area contributed by atoms with E-state index in [0.717, 1.165) is 66.5 Å². The Hall–Kier alpha value is -10.4. The molecule has 0 aliphatic rings. The van der Waals surface area contributed by atoms with Gasteiger partial charge in [-0.15, -0.1) is 0 Å². The number of para-hydroxylation sites is 3. The summed E-state index contributed by atoms with van der Waals surface area (Å²) >= 11 is 0. The fraction of sp³-hybridized carbons (Fsp3) is 0. The van der Waals surface area contributed by atoms with Crippen molar-refractivity contribution < 1.29 is 0 Å². The first kappa shape index (κ1) is 41.1. The molecule has 12 aromatic rings. The maximum absolute atomic E-state index is 10.6. The van der Waals surface area contributed by atoms with Crippen LogP contribution in [0.25, 0.3) is 111 Å². The van der Waals surface area contributed by atoms with Gasteiger partial charge in [-0.05, 0) is 102 Å². The van der Waals surface area contributed by atoms with Crippen LogP contribution in [-0.4, -0.2) is 19.1 Å². The molecule has 0 atom stereocenters. The topological polar surface area (TPSA) is 131 Å². The van der Waals surface area contributed by atoms with Gasteiger partial charge in [0.1, 0.15) is 0 Å². The third kappa shape index (κ3) is 6.90. The van der Waals surface area contributed by atoms with Crippen molar-refractivity contribution in [3.63, 3.8) is 0 Å². The summed E-state index contributed by atoms with van der Waals surface area (Å²) < 4.78 is 4.63. The predicted molar refractivity (Wildman–Crippen MR) is 277 cm³/mol. The van der Waals surface area contributed by atoms with Gasteiger partial charge >= 0.3 is 0 Å². The summed E-state index contributed by atoms with van der Waals surface area (Å²) in [4.78, 5) is 9.79. The Kier molecular flexibility index (Phi) is 9.86. The van der Waals surface area contributed by atoms with Crippen LogP contribution >= 0.6 is 0 Å². The first-order chi connectivity index (χ1) is 34.5. The van der Waals surface area contributed by atoms with Crippen LogP contribution in [0.5, 0.6) is 0 Å². The highest BCUT2D eigenvalue weighted by Gasteiger charge is 2.19. The molecule has 12 rings (SSSR count). The molecule has 0 spiro atoms. The summed E-state index contributed by atoms with van der Waals surface area (Å²) in [6.07, 6.45) is 0. The molecule has 0 N–H and O–H groups in total. The van der Waals surface area contributed by atoms with E-state index in [1.165, 1.54) is 10.8 Å². The lowest BCUT2D eigenvalue weighted by Crippen LogP contribution is -1.97. The SMILES string of the molecule is N#Cc1cccc(-c2cc(-c3ccc(-c4cc(C#N)c(-c5ccc(-n6c7ccccc7c7cc(-n8c9ccccc9c9ccccc98)ccc76)cc5)cc4C#N)cc3)nc(-c3cccc(C#N)c3)n2)c1. The lowest BCUT2D eigenvalue weighted by Gasteiger charge is -2.13. The molecular weight excluding hydrogens is 857 g/mol. The average molecular weight is 891 g/mol. The molecule has 0 saturated carbocycles. The lowest BCUT2D eigenvalue weighted by molar-refractivity contribution is 1.17. The minimum Gasteiger partial charge on any atom is -0.309 e. The van der Waals surface area contributed by atoms with E-state index < -0.39 is 0 Å². The van der Waals surface area contributed by atoms with Gasteiger partial charge in [-0.1, -0.05) is 115 Å². The van der Waals surface area contributed by atoms with Gasteiger partial charge in [-0.25, -0.2) is 9.97 Å². The Morgan fingerprint density at radius 3 is 1.31 bits per heavy atom. The minimum absolute atomic E-state index is 0.435. The molecule has 322 valence electrons. The van der Waals surface area contributed by atoms with Gasteiger partial charge in [-0.2, -0.15) is 21.0 Å². The molecule has 3 heterocycles. The van der Waals surface area contributed by atoms with Gasteiger partial charge in [0.05, 0.1) is 80.0 Å². The Morgan fingerprint density at radius 1 is 0.314 bits per heavy atom. The molecule has 0 saturated heterocycles. The smallest absolute Gasteiger partial charge is 0.160 e. The summed E-state index contributed by atoms with van der Waals surface area (Å²) in [5.74, 6) is 0.435. The van der Waals surface area contributed by atoms with Crippen molar-refractivity contribution in [3.8, 4) is 91.8 Å². The molecule has 70 heavy (non-hydrogen) atoms. The van der Waals surface area contributed by atoms with Gasteiger partial charge in [0.2, 0.25) is 0 Å². The van der Waals surface area contributed by atoms with Crippen LogP contribution < -0.4 is 0 Å². The average Bonchev–Trinajstić information content (AvgIpc) is 3.95. The molecule has 3 aromatic heterocycles. The second-order valence-electron chi connectivity index (χ2n) is 17.1. The summed E-state index contributed by atoms with van der Waals surface area (Å²) in [7, 11) is 0. The van der Waals surface area contributed by atoms with E-state index in [4.69, 9.17) is 9.97 Å². The van der Waals surface area contributed by atoms with Gasteiger partial charge in [0.15, 0.2) is 5.82 Å². The van der Waals surface area contributed by atoms with E-state index in [0.29, 0.717) is 56.2 Å². The highest BCUT2D eigenvalue weighted by atomic mass is 15.0. The number of nitriles is 4. The second-order valence-corrected chi connectivity index (χ2v) is 17.1. The highest BCUT2D eigenvalue weighted by molar-refractivity contribution is 6.12. The van der Waals surface area contributed by atoms with Crippen molar-refractivity contribution >= 4 is 43.6 Å². The van der Waals surface area contributed by atoms with Crippen LogP contribution in [0, 0.1) is 45.3 Å². The molecule has 0 aliphatic heterocycles. The van der Waals surface area contributed by atoms with E-state index in [-0.39, 0.29) is 0 Å². The molecule has 0 radical (unpaired) electrons. The van der Waals surface area contributed by atoms with E-state index in [1.807, 2.05) is 60.7 Å². The molecule has 0 bridgehead atoms. The zero-order valence-electron chi connectivity index (χ0n) is 37.2. The van der Waals surface area contributed by atoms with Crippen molar-refractivity contribution in [3.05, 3.63) is 229 Å². The third-order valence-electron chi connectivity index (χ3n) is 13.1. The number of fused-ring (bicyclic) bond motifs is 6. The first-order valence-electron chi connectivity index (χ1n) is 22.6. The molecule has 0 fully saturated rings. The van der Waals surface area contributed by atoms with Crippen LogP contribution in [0.1, 0.15) is 22.3 Å². The third-order valence-corrected chi connectivity index (χ3v) is 13.1. The van der Waals surface area contributed by atoms with Crippen molar-refractivity contribution in [2.45, 2.75) is 0 Å². The number of rotatable bonds is 7. The molecule has 0 unspecified atom stereocenters. The molecule has 0 amide bonds. The zero-order valence-corrected chi connectivity index (χ0v) is 37.2. The summed E-state index contributed by atoms with van der Waals surface area (Å²) in [5, 5.41) is 45.1. The fourth-order valence-electron chi connectivity index (χ4n) is 9.80. The monoisotopic (exact) mass is 890 g/mol.